The number of amides is 1. The molecule has 0 bridgehead atoms. The summed E-state index contributed by atoms with van der Waals surface area (Å²) in [6.07, 6.45) is 8.36. The Kier molecular flexibility index (Phi) is 20.4. The first kappa shape index (κ1) is 27.3. The van der Waals surface area contributed by atoms with Gasteiger partial charge in [0.1, 0.15) is 0 Å². The molecule has 7 nitrogen and oxygen atoms in total. The van der Waals surface area contributed by atoms with Crippen molar-refractivity contribution in [1.82, 2.24) is 21.3 Å². The van der Waals surface area contributed by atoms with Gasteiger partial charge in [0.05, 0.1) is 6.04 Å². The highest BCUT2D eigenvalue weighted by atomic mass is 16.2. The number of hydrogen-bond acceptors (Lipinski definition) is 6. The molecule has 0 aliphatic carbocycles. The minimum absolute atomic E-state index is 0.0173. The molecule has 8 N–H and O–H groups in total. The van der Waals surface area contributed by atoms with E-state index in [2.05, 4.69) is 35.1 Å². The monoisotopic (exact) mass is 400 g/mol. The zero-order valence-corrected chi connectivity index (χ0v) is 18.5. The summed E-state index contributed by atoms with van der Waals surface area (Å²) in [4.78, 5) is 12.0. The normalized spacial score (nSPS) is 12.5. The van der Waals surface area contributed by atoms with Crippen LogP contribution in [0.4, 0.5) is 0 Å². The van der Waals surface area contributed by atoms with Crippen LogP contribution in [0.5, 0.6) is 0 Å². The van der Waals surface area contributed by atoms with Crippen LogP contribution in [0.1, 0.15) is 65.2 Å². The molecule has 0 spiro atoms. The predicted octanol–water partition coefficient (Wildman–Crippen LogP) is 0.934. The maximum absolute atomic E-state index is 12.0. The van der Waals surface area contributed by atoms with Gasteiger partial charge in [0, 0.05) is 6.54 Å². The lowest BCUT2D eigenvalue weighted by atomic mass is 10.1. The predicted molar refractivity (Wildman–Crippen MR) is 120 cm³/mol. The number of unbranched alkanes of at least 4 members (excludes halogenated alkanes) is 2. The van der Waals surface area contributed by atoms with Crippen LogP contribution in [-0.4, -0.2) is 64.3 Å². The van der Waals surface area contributed by atoms with Gasteiger partial charge in [-0.25, -0.2) is 0 Å². The molecule has 0 aliphatic heterocycles. The summed E-state index contributed by atoms with van der Waals surface area (Å²) in [7, 11) is 0. The Morgan fingerprint density at radius 3 is 1.86 bits per heavy atom. The fourth-order valence-electron chi connectivity index (χ4n) is 2.79. The van der Waals surface area contributed by atoms with E-state index in [1.54, 1.807) is 0 Å². The molecule has 168 valence electrons. The minimum Gasteiger partial charge on any atom is -0.355 e. The summed E-state index contributed by atoms with van der Waals surface area (Å²) in [5.74, 6) is 0.727. The van der Waals surface area contributed by atoms with Gasteiger partial charge in [-0.15, -0.1) is 0 Å². The molecule has 0 aromatic carbocycles. The summed E-state index contributed by atoms with van der Waals surface area (Å²) in [6.45, 7) is 12.0. The molecule has 28 heavy (non-hydrogen) atoms. The van der Waals surface area contributed by atoms with Crippen molar-refractivity contribution in [2.75, 3.05) is 52.4 Å². The highest BCUT2D eigenvalue weighted by molar-refractivity contribution is 5.81. The largest absolute Gasteiger partial charge is 0.355 e. The van der Waals surface area contributed by atoms with Crippen LogP contribution in [0.3, 0.4) is 0 Å². The lowest BCUT2D eigenvalue weighted by Gasteiger charge is -2.13. The van der Waals surface area contributed by atoms with Crippen molar-refractivity contribution in [1.29, 1.82) is 0 Å². The van der Waals surface area contributed by atoms with Crippen LogP contribution in [0.15, 0.2) is 0 Å². The fraction of sp³-hybridized carbons (Fsp3) is 0.952. The van der Waals surface area contributed by atoms with Crippen molar-refractivity contribution >= 4 is 5.91 Å². The second kappa shape index (κ2) is 21.0. The average Bonchev–Trinajstić information content (AvgIpc) is 2.67. The summed E-state index contributed by atoms with van der Waals surface area (Å²) in [6, 6.07) is -0.379. The van der Waals surface area contributed by atoms with Gasteiger partial charge in [-0.2, -0.15) is 0 Å². The van der Waals surface area contributed by atoms with Gasteiger partial charge in [-0.05, 0) is 96.7 Å². The van der Waals surface area contributed by atoms with Gasteiger partial charge in [-0.1, -0.05) is 20.3 Å². The fourth-order valence-corrected chi connectivity index (χ4v) is 2.79. The van der Waals surface area contributed by atoms with Gasteiger partial charge < -0.3 is 32.7 Å². The van der Waals surface area contributed by atoms with Crippen molar-refractivity contribution in [3.8, 4) is 0 Å². The van der Waals surface area contributed by atoms with E-state index < -0.39 is 0 Å². The molecule has 0 heterocycles. The number of nitrogens with one attached hydrogen (secondary N) is 4. The van der Waals surface area contributed by atoms with Crippen LogP contribution in [-0.2, 0) is 4.79 Å². The van der Waals surface area contributed by atoms with Crippen LogP contribution < -0.4 is 32.7 Å². The van der Waals surface area contributed by atoms with E-state index in [9.17, 15) is 4.79 Å². The third kappa shape index (κ3) is 20.0. The summed E-state index contributed by atoms with van der Waals surface area (Å²) in [5.41, 5.74) is 11.4. The van der Waals surface area contributed by atoms with E-state index in [0.717, 1.165) is 83.8 Å². The van der Waals surface area contributed by atoms with Crippen molar-refractivity contribution in [2.24, 2.45) is 17.4 Å². The molecule has 0 aromatic heterocycles. The summed E-state index contributed by atoms with van der Waals surface area (Å²) < 4.78 is 0. The Hall–Kier alpha value is -0.730. The standard InChI is InChI=1S/C21H48N6O/c1-19(2)10-18-26-12-4-3-9-20(23)21(28)27-17-8-16-25-14-6-5-13-24-15-7-11-22/h19-20,24-26H,3-18,22-23H2,1-2H3,(H,27,28). The summed E-state index contributed by atoms with van der Waals surface area (Å²) >= 11 is 0. The number of carbonyl (C=O) groups is 1. The molecule has 1 atom stereocenters. The molecule has 0 rings (SSSR count). The maximum atomic E-state index is 12.0. The van der Waals surface area contributed by atoms with E-state index in [1.165, 1.54) is 19.3 Å². The minimum atomic E-state index is -0.379. The first-order chi connectivity index (χ1) is 13.6. The van der Waals surface area contributed by atoms with Crippen LogP contribution >= 0.6 is 0 Å². The lowest BCUT2D eigenvalue weighted by Crippen LogP contribution is -2.41. The number of rotatable bonds is 21. The van der Waals surface area contributed by atoms with E-state index >= 15 is 0 Å². The van der Waals surface area contributed by atoms with E-state index in [-0.39, 0.29) is 11.9 Å². The Labute approximate surface area is 173 Å². The Bertz CT molecular complexity index is 341. The van der Waals surface area contributed by atoms with Crippen molar-refractivity contribution in [2.45, 2.75) is 71.3 Å². The van der Waals surface area contributed by atoms with E-state index in [0.29, 0.717) is 6.54 Å². The zero-order chi connectivity index (χ0) is 20.9. The number of hydrogen-bond donors (Lipinski definition) is 6. The molecule has 0 radical (unpaired) electrons. The Morgan fingerprint density at radius 2 is 1.25 bits per heavy atom. The van der Waals surface area contributed by atoms with Gasteiger partial charge in [0.2, 0.25) is 5.91 Å². The molecule has 1 unspecified atom stereocenters. The van der Waals surface area contributed by atoms with E-state index in [1.807, 2.05) is 0 Å². The zero-order valence-electron chi connectivity index (χ0n) is 18.5. The quantitative estimate of drug-likeness (QED) is 0.160. The highest BCUT2D eigenvalue weighted by Crippen LogP contribution is 2.00. The second-order valence-corrected chi connectivity index (χ2v) is 8.03. The van der Waals surface area contributed by atoms with Crippen LogP contribution in [0.25, 0.3) is 0 Å². The van der Waals surface area contributed by atoms with Crippen molar-refractivity contribution in [3.05, 3.63) is 0 Å². The van der Waals surface area contributed by atoms with Gasteiger partial charge >= 0.3 is 0 Å². The molecule has 0 aliphatic rings. The molecule has 7 heteroatoms. The van der Waals surface area contributed by atoms with Gasteiger partial charge in [0.25, 0.3) is 0 Å². The first-order valence-corrected chi connectivity index (χ1v) is 11.4. The van der Waals surface area contributed by atoms with Gasteiger partial charge in [0.15, 0.2) is 0 Å². The average molecular weight is 401 g/mol. The smallest absolute Gasteiger partial charge is 0.236 e. The Balaban J connectivity index is 3.32. The summed E-state index contributed by atoms with van der Waals surface area (Å²) in [5, 5.41) is 13.2. The van der Waals surface area contributed by atoms with Crippen LogP contribution in [0, 0.1) is 5.92 Å². The van der Waals surface area contributed by atoms with Gasteiger partial charge in [-0.3, -0.25) is 4.79 Å². The molecule has 0 aromatic rings. The molecular weight excluding hydrogens is 352 g/mol. The highest BCUT2D eigenvalue weighted by Gasteiger charge is 2.11. The van der Waals surface area contributed by atoms with Crippen molar-refractivity contribution < 1.29 is 4.79 Å². The topological polar surface area (TPSA) is 117 Å². The van der Waals surface area contributed by atoms with Crippen molar-refractivity contribution in [3.63, 3.8) is 0 Å². The van der Waals surface area contributed by atoms with Crippen LogP contribution in [0.2, 0.25) is 0 Å². The third-order valence-corrected chi connectivity index (χ3v) is 4.70. The molecule has 0 fully saturated rings. The maximum Gasteiger partial charge on any atom is 0.236 e. The molecule has 0 saturated heterocycles. The lowest BCUT2D eigenvalue weighted by molar-refractivity contribution is -0.122. The second-order valence-electron chi connectivity index (χ2n) is 8.03. The van der Waals surface area contributed by atoms with E-state index in [4.69, 9.17) is 11.5 Å². The third-order valence-electron chi connectivity index (χ3n) is 4.70. The first-order valence-electron chi connectivity index (χ1n) is 11.4. The SMILES string of the molecule is CC(C)CCNCCCCC(N)C(=O)NCCCNCCCCNCCCN. The number of carbonyl (C=O) groups excluding carboxylic acids is 1. The molecule has 1 amide bonds. The molecule has 0 saturated carbocycles. The Morgan fingerprint density at radius 1 is 0.714 bits per heavy atom. The molecular formula is C21H48N6O. The number of nitrogens with two attached hydrogens (primary N) is 2.